The number of nitrogens with one attached hydrogen (secondary N) is 1. The molecule has 128 valence electrons. The number of primary sulfonamides is 1. The van der Waals surface area contributed by atoms with Crippen LogP contribution < -0.4 is 10.5 Å². The Morgan fingerprint density at radius 3 is 2.52 bits per heavy atom. The van der Waals surface area contributed by atoms with Gasteiger partial charge in [-0.2, -0.15) is 0 Å². The van der Waals surface area contributed by atoms with E-state index < -0.39 is 21.7 Å². The van der Waals surface area contributed by atoms with Crippen LogP contribution >= 0.6 is 0 Å². The second-order valence-electron chi connectivity index (χ2n) is 5.17. The van der Waals surface area contributed by atoms with Gasteiger partial charge in [-0.1, -0.05) is 18.2 Å². The summed E-state index contributed by atoms with van der Waals surface area (Å²) in [4.78, 5) is 12.1. The van der Waals surface area contributed by atoms with Crippen LogP contribution in [-0.4, -0.2) is 14.3 Å². The largest absolute Gasteiger partial charge is 0.451 e. The minimum Gasteiger partial charge on any atom is -0.451 e. The lowest BCUT2D eigenvalue weighted by Gasteiger charge is -2.05. The highest BCUT2D eigenvalue weighted by Gasteiger charge is 2.15. The Bertz CT molecular complexity index is 1040. The Labute approximate surface area is 143 Å². The maximum Gasteiger partial charge on any atom is 0.291 e. The lowest BCUT2D eigenvalue weighted by atomic mass is 10.1. The van der Waals surface area contributed by atoms with E-state index in [1.54, 1.807) is 12.1 Å². The zero-order valence-electron chi connectivity index (χ0n) is 12.8. The standard InChI is InChI=1S/C17H13FN2O4S/c18-14-7-2-1-6-13(14)15-8-9-16(24-15)17(21)20-11-4-3-5-12(10-11)25(19,22)23/h1-10H,(H,20,21)(H2,19,22,23). The molecule has 0 bridgehead atoms. The second-order valence-corrected chi connectivity index (χ2v) is 6.73. The Hall–Kier alpha value is -2.97. The quantitative estimate of drug-likeness (QED) is 0.746. The van der Waals surface area contributed by atoms with Crippen LogP contribution in [-0.2, 0) is 10.0 Å². The zero-order valence-corrected chi connectivity index (χ0v) is 13.6. The third-order valence-corrected chi connectivity index (χ3v) is 4.30. The molecule has 0 aliphatic heterocycles. The van der Waals surface area contributed by atoms with Crippen LogP contribution in [0.3, 0.4) is 0 Å². The summed E-state index contributed by atoms with van der Waals surface area (Å²) < 4.78 is 41.8. The van der Waals surface area contributed by atoms with Gasteiger partial charge in [0.1, 0.15) is 11.6 Å². The maximum atomic E-state index is 13.8. The predicted octanol–water partition coefficient (Wildman–Crippen LogP) is 2.99. The predicted molar refractivity (Wildman–Crippen MR) is 89.9 cm³/mol. The molecule has 25 heavy (non-hydrogen) atoms. The van der Waals surface area contributed by atoms with Gasteiger partial charge < -0.3 is 9.73 Å². The van der Waals surface area contributed by atoms with Crippen molar-refractivity contribution in [1.29, 1.82) is 0 Å². The number of rotatable bonds is 4. The fourth-order valence-electron chi connectivity index (χ4n) is 2.21. The van der Waals surface area contributed by atoms with Gasteiger partial charge in [0.05, 0.1) is 10.5 Å². The van der Waals surface area contributed by atoms with Crippen molar-refractivity contribution >= 4 is 21.6 Å². The second kappa shape index (κ2) is 6.50. The molecule has 0 spiro atoms. The van der Waals surface area contributed by atoms with Crippen molar-refractivity contribution in [2.75, 3.05) is 5.32 Å². The zero-order chi connectivity index (χ0) is 18.0. The Morgan fingerprint density at radius 2 is 1.80 bits per heavy atom. The Kier molecular flexibility index (Phi) is 4.39. The lowest BCUT2D eigenvalue weighted by Crippen LogP contribution is -2.14. The van der Waals surface area contributed by atoms with E-state index in [-0.39, 0.29) is 27.7 Å². The average molecular weight is 360 g/mol. The maximum absolute atomic E-state index is 13.8. The molecule has 0 radical (unpaired) electrons. The molecule has 3 aromatic rings. The van der Waals surface area contributed by atoms with Gasteiger partial charge in [-0.25, -0.2) is 17.9 Å². The molecule has 1 aromatic heterocycles. The summed E-state index contributed by atoms with van der Waals surface area (Å²) in [6.45, 7) is 0. The van der Waals surface area contributed by atoms with E-state index >= 15 is 0 Å². The molecule has 0 atom stereocenters. The molecule has 6 nitrogen and oxygen atoms in total. The molecule has 0 fully saturated rings. The van der Waals surface area contributed by atoms with Crippen LogP contribution in [0.5, 0.6) is 0 Å². The van der Waals surface area contributed by atoms with Gasteiger partial charge in [-0.05, 0) is 42.5 Å². The normalized spacial score (nSPS) is 11.3. The van der Waals surface area contributed by atoms with Crippen LogP contribution in [0.15, 0.2) is 70.0 Å². The van der Waals surface area contributed by atoms with E-state index in [9.17, 15) is 17.6 Å². The number of sulfonamides is 1. The summed E-state index contributed by atoms with van der Waals surface area (Å²) >= 11 is 0. The number of halogens is 1. The van der Waals surface area contributed by atoms with E-state index in [0.29, 0.717) is 0 Å². The van der Waals surface area contributed by atoms with Gasteiger partial charge in [0.15, 0.2) is 5.76 Å². The van der Waals surface area contributed by atoms with Crippen molar-refractivity contribution in [3.63, 3.8) is 0 Å². The molecule has 0 saturated heterocycles. The summed E-state index contributed by atoms with van der Waals surface area (Å²) in [5.41, 5.74) is 0.470. The third kappa shape index (κ3) is 3.76. The molecule has 0 saturated carbocycles. The molecule has 2 aromatic carbocycles. The highest BCUT2D eigenvalue weighted by atomic mass is 32.2. The topological polar surface area (TPSA) is 102 Å². The van der Waals surface area contributed by atoms with Crippen molar-refractivity contribution in [1.82, 2.24) is 0 Å². The summed E-state index contributed by atoms with van der Waals surface area (Å²) in [6.07, 6.45) is 0. The highest BCUT2D eigenvalue weighted by molar-refractivity contribution is 7.89. The first kappa shape index (κ1) is 16.9. The van der Waals surface area contributed by atoms with Gasteiger partial charge in [-0.15, -0.1) is 0 Å². The molecule has 0 aliphatic rings. The molecule has 3 N–H and O–H groups in total. The fourth-order valence-corrected chi connectivity index (χ4v) is 2.77. The minimum absolute atomic E-state index is 0.0424. The highest BCUT2D eigenvalue weighted by Crippen LogP contribution is 2.25. The molecule has 0 aliphatic carbocycles. The number of carbonyl (C=O) groups excluding carboxylic acids is 1. The molecule has 0 unspecified atom stereocenters. The van der Waals surface area contributed by atoms with Crippen molar-refractivity contribution < 1.29 is 22.0 Å². The van der Waals surface area contributed by atoms with E-state index in [1.165, 1.54) is 48.5 Å². The molecular weight excluding hydrogens is 347 g/mol. The Balaban J connectivity index is 1.83. The fraction of sp³-hybridized carbons (Fsp3) is 0. The van der Waals surface area contributed by atoms with E-state index in [1.807, 2.05) is 0 Å². The van der Waals surface area contributed by atoms with Gasteiger partial charge in [-0.3, -0.25) is 4.79 Å². The van der Waals surface area contributed by atoms with Gasteiger partial charge in [0, 0.05) is 5.69 Å². The first-order chi connectivity index (χ1) is 11.8. The van der Waals surface area contributed by atoms with E-state index in [0.717, 1.165) is 0 Å². The number of amides is 1. The lowest BCUT2D eigenvalue weighted by molar-refractivity contribution is 0.0997. The van der Waals surface area contributed by atoms with Crippen molar-refractivity contribution in [2.24, 2.45) is 5.14 Å². The van der Waals surface area contributed by atoms with Gasteiger partial charge >= 0.3 is 0 Å². The number of hydrogen-bond donors (Lipinski definition) is 2. The molecule has 3 rings (SSSR count). The molecule has 8 heteroatoms. The molecule has 1 amide bonds. The Morgan fingerprint density at radius 1 is 1.04 bits per heavy atom. The van der Waals surface area contributed by atoms with Gasteiger partial charge in [0.25, 0.3) is 5.91 Å². The number of anilines is 1. The van der Waals surface area contributed by atoms with Crippen LogP contribution in [0.4, 0.5) is 10.1 Å². The number of nitrogens with two attached hydrogens (primary N) is 1. The third-order valence-electron chi connectivity index (χ3n) is 3.39. The SMILES string of the molecule is NS(=O)(=O)c1cccc(NC(=O)c2ccc(-c3ccccc3F)o2)c1. The monoisotopic (exact) mass is 360 g/mol. The number of furan rings is 1. The van der Waals surface area contributed by atoms with Crippen LogP contribution in [0.25, 0.3) is 11.3 Å². The smallest absolute Gasteiger partial charge is 0.291 e. The minimum atomic E-state index is -3.88. The van der Waals surface area contributed by atoms with E-state index in [4.69, 9.17) is 9.56 Å². The summed E-state index contributed by atoms with van der Waals surface area (Å²) in [7, 11) is -3.88. The van der Waals surface area contributed by atoms with E-state index in [2.05, 4.69) is 5.32 Å². The van der Waals surface area contributed by atoms with Gasteiger partial charge in [0.2, 0.25) is 10.0 Å². The first-order valence-corrected chi connectivity index (χ1v) is 8.68. The van der Waals surface area contributed by atoms with Crippen molar-refractivity contribution in [3.8, 4) is 11.3 Å². The average Bonchev–Trinajstić information content (AvgIpc) is 3.04. The number of carbonyl (C=O) groups is 1. The first-order valence-electron chi connectivity index (χ1n) is 7.13. The van der Waals surface area contributed by atoms with Crippen LogP contribution in [0.2, 0.25) is 0 Å². The molecule has 1 heterocycles. The summed E-state index contributed by atoms with van der Waals surface area (Å²) in [5.74, 6) is -0.903. The molecular formula is C17H13FN2O4S. The summed E-state index contributed by atoms with van der Waals surface area (Å²) in [6, 6.07) is 14.4. The number of hydrogen-bond acceptors (Lipinski definition) is 4. The van der Waals surface area contributed by atoms with Crippen molar-refractivity contribution in [3.05, 3.63) is 72.2 Å². The number of benzene rings is 2. The van der Waals surface area contributed by atoms with Crippen molar-refractivity contribution in [2.45, 2.75) is 4.90 Å². The summed E-state index contributed by atoms with van der Waals surface area (Å²) in [5, 5.41) is 7.56. The van der Waals surface area contributed by atoms with Crippen LogP contribution in [0, 0.1) is 5.82 Å². The van der Waals surface area contributed by atoms with Crippen LogP contribution in [0.1, 0.15) is 10.6 Å².